The first-order valence-corrected chi connectivity index (χ1v) is 12.7. The number of hydrogen-bond donors (Lipinski definition) is 2. The van der Waals surface area contributed by atoms with Crippen molar-refractivity contribution in [3.8, 4) is 17.0 Å². The second kappa shape index (κ2) is 11.6. The highest BCUT2D eigenvalue weighted by Crippen LogP contribution is 2.38. The average Bonchev–Trinajstić information content (AvgIpc) is 3.54. The molecule has 1 amide bonds. The molecule has 39 heavy (non-hydrogen) atoms. The highest BCUT2D eigenvalue weighted by atomic mass is 19.1. The molecule has 0 bridgehead atoms. The van der Waals surface area contributed by atoms with E-state index in [1.54, 1.807) is 31.4 Å². The lowest BCUT2D eigenvalue weighted by Gasteiger charge is -2.23. The van der Waals surface area contributed by atoms with Gasteiger partial charge in [-0.1, -0.05) is 19.9 Å². The molecule has 11 heteroatoms. The SMILES string of the molecule is CC.COc1cccc(F)c1-c1cccc(C(=O)Nc2cc(F)c3c(cnn3C)c2N2CCC(N)C2)[n+]1OC. The molecule has 206 valence electrons. The zero-order chi connectivity index (χ0) is 28.3. The summed E-state index contributed by atoms with van der Waals surface area (Å²) in [5.74, 6) is -1.37. The number of amides is 1. The Hall–Kier alpha value is -4.25. The number of pyridine rings is 1. The first kappa shape index (κ1) is 27.8. The Kier molecular flexibility index (Phi) is 8.29. The van der Waals surface area contributed by atoms with Gasteiger partial charge in [-0.05, 0) is 24.6 Å². The summed E-state index contributed by atoms with van der Waals surface area (Å²) >= 11 is 0. The van der Waals surface area contributed by atoms with Gasteiger partial charge in [0, 0.05) is 54.5 Å². The van der Waals surface area contributed by atoms with E-state index in [4.69, 9.17) is 15.3 Å². The van der Waals surface area contributed by atoms with Crippen molar-refractivity contribution in [1.29, 1.82) is 0 Å². The van der Waals surface area contributed by atoms with Gasteiger partial charge in [0.1, 0.15) is 29.8 Å². The molecule has 1 saturated heterocycles. The molecule has 9 nitrogen and oxygen atoms in total. The van der Waals surface area contributed by atoms with E-state index in [9.17, 15) is 9.18 Å². The Balaban J connectivity index is 0.00000172. The molecule has 1 aliphatic heterocycles. The van der Waals surface area contributed by atoms with Crippen molar-refractivity contribution in [2.75, 3.05) is 37.5 Å². The van der Waals surface area contributed by atoms with Crippen LogP contribution in [0, 0.1) is 11.6 Å². The van der Waals surface area contributed by atoms with Crippen LogP contribution in [0.3, 0.4) is 0 Å². The lowest BCUT2D eigenvalue weighted by molar-refractivity contribution is -0.877. The molecule has 3 heterocycles. The molecule has 1 aliphatic rings. The summed E-state index contributed by atoms with van der Waals surface area (Å²) in [6.07, 6.45) is 2.34. The number of benzene rings is 2. The normalized spacial score (nSPS) is 14.7. The van der Waals surface area contributed by atoms with E-state index in [2.05, 4.69) is 10.4 Å². The fraction of sp³-hybridized carbons (Fsp3) is 0.321. The second-order valence-electron chi connectivity index (χ2n) is 8.82. The van der Waals surface area contributed by atoms with E-state index in [1.807, 2.05) is 18.7 Å². The molecule has 2 aromatic carbocycles. The third-order valence-electron chi connectivity index (χ3n) is 6.55. The second-order valence-corrected chi connectivity index (χ2v) is 8.82. The quantitative estimate of drug-likeness (QED) is 0.363. The number of aromatic nitrogens is 3. The Morgan fingerprint density at radius 2 is 1.90 bits per heavy atom. The van der Waals surface area contributed by atoms with Gasteiger partial charge in [-0.3, -0.25) is 14.3 Å². The number of hydrogen-bond acceptors (Lipinski definition) is 6. The maximum Gasteiger partial charge on any atom is 0.325 e. The first-order valence-electron chi connectivity index (χ1n) is 12.7. The molecule has 1 atom stereocenters. The number of rotatable bonds is 6. The summed E-state index contributed by atoms with van der Waals surface area (Å²) in [5.41, 5.74) is 7.86. The summed E-state index contributed by atoms with van der Waals surface area (Å²) < 4.78 is 38.0. The molecule has 0 radical (unpaired) electrons. The first-order chi connectivity index (χ1) is 18.8. The minimum Gasteiger partial charge on any atom is -0.496 e. The van der Waals surface area contributed by atoms with Gasteiger partial charge in [0.05, 0.1) is 24.7 Å². The van der Waals surface area contributed by atoms with Gasteiger partial charge in [-0.15, -0.1) is 0 Å². The minimum absolute atomic E-state index is 0.0385. The maximum absolute atomic E-state index is 15.2. The van der Waals surface area contributed by atoms with Crippen molar-refractivity contribution in [3.63, 3.8) is 0 Å². The topological polar surface area (TPSA) is 98.5 Å². The van der Waals surface area contributed by atoms with Crippen molar-refractivity contribution in [2.24, 2.45) is 12.8 Å². The summed E-state index contributed by atoms with van der Waals surface area (Å²) in [7, 11) is 4.46. The summed E-state index contributed by atoms with van der Waals surface area (Å²) in [6.45, 7) is 5.21. The van der Waals surface area contributed by atoms with Crippen molar-refractivity contribution in [2.45, 2.75) is 26.3 Å². The maximum atomic E-state index is 15.2. The smallest absolute Gasteiger partial charge is 0.325 e. The number of anilines is 2. The van der Waals surface area contributed by atoms with Crippen LogP contribution in [0.25, 0.3) is 22.2 Å². The lowest BCUT2D eigenvalue weighted by Crippen LogP contribution is -2.49. The number of aryl methyl sites for hydroxylation is 1. The van der Waals surface area contributed by atoms with Gasteiger partial charge in [0.15, 0.2) is 5.82 Å². The molecular weight excluding hydrogens is 506 g/mol. The highest BCUT2D eigenvalue weighted by molar-refractivity contribution is 6.08. The molecule has 1 fully saturated rings. The Morgan fingerprint density at radius 1 is 1.15 bits per heavy atom. The molecule has 2 aromatic heterocycles. The summed E-state index contributed by atoms with van der Waals surface area (Å²) in [5, 5.41) is 7.62. The number of nitrogens with two attached hydrogens (primary N) is 1. The van der Waals surface area contributed by atoms with Crippen LogP contribution >= 0.6 is 0 Å². The number of carbonyl (C=O) groups is 1. The van der Waals surface area contributed by atoms with Crippen LogP contribution in [0.2, 0.25) is 0 Å². The third-order valence-corrected chi connectivity index (χ3v) is 6.55. The number of carbonyl (C=O) groups excluding carboxylic acids is 1. The van der Waals surface area contributed by atoms with Gasteiger partial charge < -0.3 is 20.7 Å². The number of ether oxygens (including phenoxy) is 1. The van der Waals surface area contributed by atoms with Gasteiger partial charge in [-0.25, -0.2) is 8.78 Å². The van der Waals surface area contributed by atoms with Crippen LogP contribution in [0.15, 0.2) is 48.7 Å². The molecule has 4 aromatic rings. The van der Waals surface area contributed by atoms with Crippen LogP contribution in [0.4, 0.5) is 20.2 Å². The van der Waals surface area contributed by atoms with Gasteiger partial charge >= 0.3 is 11.6 Å². The Bertz CT molecular complexity index is 1510. The fourth-order valence-corrected chi connectivity index (χ4v) is 4.88. The number of methoxy groups -OCH3 is 1. The van der Waals surface area contributed by atoms with Crippen LogP contribution < -0.4 is 30.3 Å². The molecule has 0 spiro atoms. The van der Waals surface area contributed by atoms with E-state index in [0.29, 0.717) is 29.7 Å². The van der Waals surface area contributed by atoms with E-state index in [1.165, 1.54) is 47.9 Å². The lowest BCUT2D eigenvalue weighted by atomic mass is 10.1. The Labute approximate surface area is 225 Å². The minimum atomic E-state index is -0.577. The van der Waals surface area contributed by atoms with E-state index in [-0.39, 0.29) is 34.4 Å². The third kappa shape index (κ3) is 5.09. The van der Waals surface area contributed by atoms with Gasteiger partial charge in [0.2, 0.25) is 0 Å². The highest BCUT2D eigenvalue weighted by Gasteiger charge is 2.32. The molecule has 5 rings (SSSR count). The number of nitrogens with zero attached hydrogens (tertiary/aromatic N) is 4. The predicted octanol–water partition coefficient (Wildman–Crippen LogP) is 3.69. The van der Waals surface area contributed by atoms with Crippen LogP contribution in [0.5, 0.6) is 5.75 Å². The van der Waals surface area contributed by atoms with E-state index in [0.717, 1.165) is 6.42 Å². The zero-order valence-corrected chi connectivity index (χ0v) is 22.7. The molecular formula is C28H33F2N6O3+. The molecule has 0 aliphatic carbocycles. The standard InChI is InChI=1S/C26H26F2N6O3.C2H6/c1-32-24-16(13-30-32)25(33-11-10-15(29)14-33)19(12-18(24)28)31-26(35)21-8-5-7-20(34(21)37-3)23-17(27)6-4-9-22(23)36-2;1-2/h4-9,12-13,15H,10-11,14,29H2,1-3H3;1-2H3/p+1. The molecule has 3 N–H and O–H groups in total. The van der Waals surface area contributed by atoms with Crippen molar-refractivity contribution >= 4 is 28.2 Å². The predicted molar refractivity (Wildman–Crippen MR) is 146 cm³/mol. The summed E-state index contributed by atoms with van der Waals surface area (Å²) in [4.78, 5) is 21.1. The molecule has 0 saturated carbocycles. The zero-order valence-electron chi connectivity index (χ0n) is 22.7. The monoisotopic (exact) mass is 539 g/mol. The number of fused-ring (bicyclic) bond motifs is 1. The van der Waals surface area contributed by atoms with Crippen LogP contribution in [-0.4, -0.2) is 49.0 Å². The van der Waals surface area contributed by atoms with Crippen molar-refractivity contribution in [3.05, 3.63) is 66.0 Å². The van der Waals surface area contributed by atoms with E-state index >= 15 is 4.39 Å². The molecule has 1 unspecified atom stereocenters. The number of halogens is 2. The largest absolute Gasteiger partial charge is 0.496 e. The van der Waals surface area contributed by atoms with Gasteiger partial charge in [0.25, 0.3) is 5.69 Å². The average molecular weight is 540 g/mol. The summed E-state index contributed by atoms with van der Waals surface area (Å²) in [6, 6.07) is 10.4. The van der Waals surface area contributed by atoms with E-state index < -0.39 is 17.5 Å². The van der Waals surface area contributed by atoms with Crippen molar-refractivity contribution in [1.82, 2.24) is 9.78 Å². The van der Waals surface area contributed by atoms with Crippen molar-refractivity contribution < 1.29 is 27.9 Å². The fourth-order valence-electron chi connectivity index (χ4n) is 4.88. The number of nitrogens with one attached hydrogen (secondary N) is 1. The van der Waals surface area contributed by atoms with Crippen LogP contribution in [-0.2, 0) is 7.05 Å². The van der Waals surface area contributed by atoms with Gasteiger partial charge in [-0.2, -0.15) is 5.10 Å². The Morgan fingerprint density at radius 3 is 2.56 bits per heavy atom. The van der Waals surface area contributed by atoms with Crippen LogP contribution in [0.1, 0.15) is 30.8 Å².